The Bertz CT molecular complexity index is 1500. The summed E-state index contributed by atoms with van der Waals surface area (Å²) in [7, 11) is 1.69. The molecule has 0 saturated heterocycles. The number of halogens is 1. The van der Waals surface area contributed by atoms with Gasteiger partial charge in [0.05, 0.1) is 6.54 Å². The van der Waals surface area contributed by atoms with Crippen LogP contribution in [-0.4, -0.2) is 25.2 Å². The van der Waals surface area contributed by atoms with Crippen molar-refractivity contribution in [1.82, 2.24) is 18.7 Å². The van der Waals surface area contributed by atoms with Gasteiger partial charge in [-0.1, -0.05) is 46.6 Å². The van der Waals surface area contributed by atoms with Crippen LogP contribution in [0.5, 0.6) is 0 Å². The van der Waals surface area contributed by atoms with E-state index < -0.39 is 0 Å². The largest absolute Gasteiger partial charge is 0.332 e. The molecule has 0 saturated carbocycles. The van der Waals surface area contributed by atoms with Crippen LogP contribution in [0.1, 0.15) is 23.6 Å². The van der Waals surface area contributed by atoms with Crippen molar-refractivity contribution >= 4 is 38.7 Å². The van der Waals surface area contributed by atoms with Crippen LogP contribution in [0, 0.1) is 19.8 Å². The fourth-order valence-electron chi connectivity index (χ4n) is 4.62. The van der Waals surface area contributed by atoms with Crippen molar-refractivity contribution < 1.29 is 0 Å². The molecule has 1 aliphatic rings. The molecule has 1 aliphatic heterocycles. The van der Waals surface area contributed by atoms with Gasteiger partial charge >= 0.3 is 5.69 Å². The Morgan fingerprint density at radius 3 is 2.52 bits per heavy atom. The zero-order valence-corrected chi connectivity index (χ0v) is 20.8. The zero-order valence-electron chi connectivity index (χ0n) is 19.2. The van der Waals surface area contributed by atoms with Gasteiger partial charge in [0.15, 0.2) is 11.2 Å². The molecule has 1 atom stereocenters. The number of rotatable bonds is 3. The lowest BCUT2D eigenvalue weighted by molar-refractivity contribution is 0.458. The lowest BCUT2D eigenvalue weighted by Gasteiger charge is -2.33. The molecule has 4 aromatic rings. The maximum absolute atomic E-state index is 13.7. The topological polar surface area (TPSA) is 65.1 Å². The van der Waals surface area contributed by atoms with E-state index in [2.05, 4.69) is 27.8 Å². The molecule has 2 aromatic carbocycles. The van der Waals surface area contributed by atoms with Crippen LogP contribution in [0.4, 0.5) is 11.6 Å². The molecule has 170 valence electrons. The van der Waals surface area contributed by atoms with Crippen LogP contribution in [0.2, 0.25) is 0 Å². The van der Waals surface area contributed by atoms with Gasteiger partial charge in [-0.2, -0.15) is 4.98 Å². The first kappa shape index (κ1) is 21.7. The summed E-state index contributed by atoms with van der Waals surface area (Å²) in [5.41, 5.74) is 4.38. The monoisotopic (exact) mass is 507 g/mol. The number of aryl methyl sites for hydroxylation is 3. The Morgan fingerprint density at radius 1 is 1.06 bits per heavy atom. The third-order valence-electron chi connectivity index (χ3n) is 6.41. The minimum atomic E-state index is -0.355. The molecule has 7 nitrogen and oxygen atoms in total. The first-order chi connectivity index (χ1) is 15.7. The standard InChI is InChI=1S/C25H26BrN5O2/c1-15-5-6-17(3)18(11-15)14-31-23(32)21-22(28(4)25(31)33)27-24-29(12-16(2)13-30(21)24)20-9-7-19(26)8-10-20/h5-11,16H,12-14H2,1-4H3. The molecule has 0 N–H and O–H groups in total. The van der Waals surface area contributed by atoms with Crippen molar-refractivity contribution in [3.8, 4) is 0 Å². The summed E-state index contributed by atoms with van der Waals surface area (Å²) >= 11 is 3.49. The molecule has 33 heavy (non-hydrogen) atoms. The van der Waals surface area contributed by atoms with E-state index in [1.807, 2.05) is 60.9 Å². The number of fused-ring (bicyclic) bond motifs is 3. The summed E-state index contributed by atoms with van der Waals surface area (Å²) in [5, 5.41) is 0. The Kier molecular flexibility index (Phi) is 5.28. The minimum absolute atomic E-state index is 0.238. The van der Waals surface area contributed by atoms with Gasteiger partial charge in [0.25, 0.3) is 5.56 Å². The minimum Gasteiger partial charge on any atom is -0.312 e. The molecule has 2 aromatic heterocycles. The molecule has 0 amide bonds. The Morgan fingerprint density at radius 2 is 1.79 bits per heavy atom. The molecule has 0 bridgehead atoms. The van der Waals surface area contributed by atoms with Crippen LogP contribution in [0.15, 0.2) is 56.5 Å². The predicted octanol–water partition coefficient (Wildman–Crippen LogP) is 4.11. The Hall–Kier alpha value is -3.13. The average Bonchev–Trinajstić information content (AvgIpc) is 3.17. The van der Waals surface area contributed by atoms with E-state index >= 15 is 0 Å². The van der Waals surface area contributed by atoms with E-state index in [1.165, 1.54) is 9.13 Å². The maximum Gasteiger partial charge on any atom is 0.332 e. The molecule has 0 fully saturated rings. The fourth-order valence-corrected chi connectivity index (χ4v) is 4.89. The van der Waals surface area contributed by atoms with Crippen LogP contribution >= 0.6 is 15.9 Å². The average molecular weight is 508 g/mol. The zero-order chi connectivity index (χ0) is 23.4. The second-order valence-corrected chi connectivity index (χ2v) is 9.97. The number of aromatic nitrogens is 4. The van der Waals surface area contributed by atoms with Crippen molar-refractivity contribution in [2.24, 2.45) is 13.0 Å². The van der Waals surface area contributed by atoms with E-state index in [0.29, 0.717) is 29.6 Å². The second kappa shape index (κ2) is 8.02. The van der Waals surface area contributed by atoms with Gasteiger partial charge in [-0.3, -0.25) is 13.9 Å². The van der Waals surface area contributed by atoms with E-state index in [-0.39, 0.29) is 17.8 Å². The third kappa shape index (κ3) is 3.62. The van der Waals surface area contributed by atoms with Gasteiger partial charge in [0.2, 0.25) is 5.95 Å². The summed E-state index contributed by atoms with van der Waals surface area (Å²) in [6, 6.07) is 14.1. The quantitative estimate of drug-likeness (QED) is 0.418. The number of anilines is 2. The summed E-state index contributed by atoms with van der Waals surface area (Å²) in [4.78, 5) is 33.8. The predicted molar refractivity (Wildman–Crippen MR) is 135 cm³/mol. The number of hydrogen-bond acceptors (Lipinski definition) is 4. The molecule has 1 unspecified atom stereocenters. The smallest absolute Gasteiger partial charge is 0.312 e. The van der Waals surface area contributed by atoms with Crippen molar-refractivity contribution in [2.45, 2.75) is 33.9 Å². The van der Waals surface area contributed by atoms with Crippen LogP contribution < -0.4 is 16.1 Å². The van der Waals surface area contributed by atoms with E-state index in [1.54, 1.807) is 7.05 Å². The molecule has 0 spiro atoms. The highest BCUT2D eigenvalue weighted by Gasteiger charge is 2.29. The molecule has 3 heterocycles. The van der Waals surface area contributed by atoms with Crippen LogP contribution in [0.25, 0.3) is 11.2 Å². The number of hydrogen-bond donors (Lipinski definition) is 0. The lowest BCUT2D eigenvalue weighted by Crippen LogP contribution is -2.40. The van der Waals surface area contributed by atoms with E-state index in [4.69, 9.17) is 4.98 Å². The first-order valence-corrected chi connectivity index (χ1v) is 11.8. The summed E-state index contributed by atoms with van der Waals surface area (Å²) in [6.07, 6.45) is 0. The molecular weight excluding hydrogens is 482 g/mol. The molecular formula is C25H26BrN5O2. The molecule has 0 aliphatic carbocycles. The summed E-state index contributed by atoms with van der Waals surface area (Å²) < 4.78 is 5.81. The highest BCUT2D eigenvalue weighted by atomic mass is 79.9. The van der Waals surface area contributed by atoms with Gasteiger partial charge in [0.1, 0.15) is 0 Å². The number of nitrogens with zero attached hydrogens (tertiary/aromatic N) is 5. The molecule has 0 radical (unpaired) electrons. The SMILES string of the molecule is Cc1ccc(C)c(Cn2c(=O)c3c(nc4n3CC(C)CN4c3ccc(Br)cc3)n(C)c2=O)c1. The van der Waals surface area contributed by atoms with Gasteiger partial charge < -0.3 is 9.47 Å². The van der Waals surface area contributed by atoms with E-state index in [9.17, 15) is 9.59 Å². The fraction of sp³-hybridized carbons (Fsp3) is 0.320. The molecule has 8 heteroatoms. The second-order valence-electron chi connectivity index (χ2n) is 9.05. The van der Waals surface area contributed by atoms with Crippen molar-refractivity contribution in [3.63, 3.8) is 0 Å². The van der Waals surface area contributed by atoms with Gasteiger partial charge in [-0.25, -0.2) is 4.79 Å². The maximum atomic E-state index is 13.7. The van der Waals surface area contributed by atoms with Gasteiger partial charge in [-0.15, -0.1) is 0 Å². The van der Waals surface area contributed by atoms with E-state index in [0.717, 1.165) is 33.4 Å². The summed E-state index contributed by atoms with van der Waals surface area (Å²) in [5.74, 6) is 1.00. The number of imidazole rings is 1. The lowest BCUT2D eigenvalue weighted by atomic mass is 10.1. The summed E-state index contributed by atoms with van der Waals surface area (Å²) in [6.45, 7) is 7.88. The normalized spacial score (nSPS) is 15.8. The first-order valence-electron chi connectivity index (χ1n) is 11.0. The van der Waals surface area contributed by atoms with Crippen LogP contribution in [-0.2, 0) is 20.1 Å². The third-order valence-corrected chi connectivity index (χ3v) is 6.94. The highest BCUT2D eigenvalue weighted by Crippen LogP contribution is 2.33. The molecule has 5 rings (SSSR count). The van der Waals surface area contributed by atoms with Crippen molar-refractivity contribution in [3.05, 3.63) is 84.5 Å². The number of benzene rings is 2. The Balaban J connectivity index is 1.72. The Labute approximate surface area is 200 Å². The van der Waals surface area contributed by atoms with Crippen molar-refractivity contribution in [2.75, 3.05) is 11.4 Å². The van der Waals surface area contributed by atoms with Gasteiger partial charge in [0, 0.05) is 30.3 Å². The van der Waals surface area contributed by atoms with Crippen LogP contribution in [0.3, 0.4) is 0 Å². The highest BCUT2D eigenvalue weighted by molar-refractivity contribution is 9.10. The van der Waals surface area contributed by atoms with Crippen molar-refractivity contribution in [1.29, 1.82) is 0 Å². The van der Waals surface area contributed by atoms with Gasteiger partial charge in [-0.05, 0) is 55.2 Å².